The van der Waals surface area contributed by atoms with Gasteiger partial charge in [-0.25, -0.2) is 0 Å². The first-order chi connectivity index (χ1) is 8.46. The van der Waals surface area contributed by atoms with Crippen LogP contribution in [0.25, 0.3) is 0 Å². The molecule has 3 heteroatoms. The van der Waals surface area contributed by atoms with Crippen LogP contribution in [-0.4, -0.2) is 30.6 Å². The van der Waals surface area contributed by atoms with Crippen molar-refractivity contribution >= 4 is 0 Å². The Morgan fingerprint density at radius 3 is 2.17 bits per heavy atom. The lowest BCUT2D eigenvalue weighted by Gasteiger charge is -2.43. The van der Waals surface area contributed by atoms with E-state index in [0.29, 0.717) is 6.04 Å². The van der Waals surface area contributed by atoms with Gasteiger partial charge in [-0.2, -0.15) is 0 Å². The fourth-order valence-corrected chi connectivity index (χ4v) is 2.69. The molecule has 3 N–H and O–H groups in total. The second kappa shape index (κ2) is 8.89. The Balaban J connectivity index is 4.64. The van der Waals surface area contributed by atoms with E-state index in [1.807, 2.05) is 0 Å². The molecule has 0 radical (unpaired) electrons. The molecular weight excluding hydrogens is 222 g/mol. The van der Waals surface area contributed by atoms with E-state index >= 15 is 0 Å². The molecule has 0 aromatic carbocycles. The summed E-state index contributed by atoms with van der Waals surface area (Å²) in [6.45, 7) is 9.12. The van der Waals surface area contributed by atoms with E-state index in [2.05, 4.69) is 52.1 Å². The number of nitrogens with one attached hydrogen (secondary N) is 1. The van der Waals surface area contributed by atoms with Crippen molar-refractivity contribution in [2.24, 2.45) is 11.8 Å². The van der Waals surface area contributed by atoms with E-state index in [1.54, 1.807) is 0 Å². The molecule has 3 atom stereocenters. The molecule has 0 aromatic rings. The largest absolute Gasteiger partial charge is 0.302 e. The van der Waals surface area contributed by atoms with Crippen LogP contribution in [0.1, 0.15) is 66.2 Å². The molecule has 0 rings (SSSR count). The van der Waals surface area contributed by atoms with Gasteiger partial charge < -0.3 is 4.90 Å². The molecule has 0 heterocycles. The summed E-state index contributed by atoms with van der Waals surface area (Å²) in [5.41, 5.74) is 3.21. The predicted molar refractivity (Wildman–Crippen MR) is 81.4 cm³/mol. The van der Waals surface area contributed by atoms with Crippen LogP contribution in [0.4, 0.5) is 0 Å². The van der Waals surface area contributed by atoms with E-state index in [9.17, 15) is 0 Å². The minimum absolute atomic E-state index is 0.133. The smallest absolute Gasteiger partial charge is 0.0394 e. The highest BCUT2D eigenvalue weighted by Crippen LogP contribution is 2.28. The van der Waals surface area contributed by atoms with Gasteiger partial charge >= 0.3 is 0 Å². The van der Waals surface area contributed by atoms with Crippen LogP contribution >= 0.6 is 0 Å². The van der Waals surface area contributed by atoms with Crippen molar-refractivity contribution in [2.45, 2.75) is 77.8 Å². The first kappa shape index (κ1) is 17.9. The molecular formula is C15H35N3. The van der Waals surface area contributed by atoms with Crippen LogP contribution in [0.2, 0.25) is 0 Å². The van der Waals surface area contributed by atoms with Crippen LogP contribution in [0.3, 0.4) is 0 Å². The molecule has 110 valence electrons. The van der Waals surface area contributed by atoms with Gasteiger partial charge in [0.1, 0.15) is 0 Å². The Morgan fingerprint density at radius 1 is 1.22 bits per heavy atom. The fourth-order valence-electron chi connectivity index (χ4n) is 2.69. The van der Waals surface area contributed by atoms with Crippen molar-refractivity contribution in [3.05, 3.63) is 0 Å². The third-order valence-corrected chi connectivity index (χ3v) is 4.80. The lowest BCUT2D eigenvalue weighted by atomic mass is 9.80. The van der Waals surface area contributed by atoms with E-state index in [-0.39, 0.29) is 5.54 Å². The summed E-state index contributed by atoms with van der Waals surface area (Å²) in [5, 5.41) is 0. The first-order valence-electron chi connectivity index (χ1n) is 7.59. The Morgan fingerprint density at radius 2 is 1.83 bits per heavy atom. The van der Waals surface area contributed by atoms with Gasteiger partial charge in [0, 0.05) is 11.6 Å². The highest BCUT2D eigenvalue weighted by molar-refractivity contribution is 4.94. The lowest BCUT2D eigenvalue weighted by molar-refractivity contribution is 0.0964. The average molecular weight is 257 g/mol. The van der Waals surface area contributed by atoms with Crippen LogP contribution in [-0.2, 0) is 0 Å². The Kier molecular flexibility index (Phi) is 8.83. The maximum absolute atomic E-state index is 5.83. The Labute approximate surface area is 114 Å². The average Bonchev–Trinajstić information content (AvgIpc) is 2.38. The Bertz CT molecular complexity index is 206. The second-order valence-corrected chi connectivity index (χ2v) is 5.98. The zero-order valence-electron chi connectivity index (χ0n) is 13.4. The van der Waals surface area contributed by atoms with Gasteiger partial charge in [-0.05, 0) is 39.8 Å². The van der Waals surface area contributed by atoms with E-state index in [1.165, 1.54) is 32.1 Å². The number of hydrogen-bond acceptors (Lipinski definition) is 3. The topological polar surface area (TPSA) is 41.3 Å². The Hall–Kier alpha value is -0.120. The molecule has 3 nitrogen and oxygen atoms in total. The molecule has 18 heavy (non-hydrogen) atoms. The number of nitrogens with zero attached hydrogens (tertiary/aromatic N) is 1. The molecule has 0 aliphatic carbocycles. The van der Waals surface area contributed by atoms with Gasteiger partial charge in [0.05, 0.1) is 0 Å². The van der Waals surface area contributed by atoms with Crippen molar-refractivity contribution in [3.8, 4) is 0 Å². The van der Waals surface area contributed by atoms with Gasteiger partial charge in [-0.15, -0.1) is 0 Å². The van der Waals surface area contributed by atoms with E-state index in [0.717, 1.165) is 12.3 Å². The standard InChI is InChI=1S/C15H35N3/c1-7-10-11-13(8-2)12-14(17-16)15(4,9-3)18(5)6/h13-14,17H,7-12,16H2,1-6H3. The van der Waals surface area contributed by atoms with Crippen molar-refractivity contribution in [3.63, 3.8) is 0 Å². The first-order valence-corrected chi connectivity index (χ1v) is 7.59. The summed E-state index contributed by atoms with van der Waals surface area (Å²) in [7, 11) is 4.31. The molecule has 0 saturated heterocycles. The maximum Gasteiger partial charge on any atom is 0.0394 e. The third kappa shape index (κ3) is 4.87. The normalized spacial score (nSPS) is 18.7. The van der Waals surface area contributed by atoms with Crippen molar-refractivity contribution in [1.82, 2.24) is 10.3 Å². The molecule has 0 bridgehead atoms. The van der Waals surface area contributed by atoms with Gasteiger partial charge in [0.15, 0.2) is 0 Å². The molecule has 0 spiro atoms. The molecule has 0 aromatic heterocycles. The van der Waals surface area contributed by atoms with Gasteiger partial charge in [0.2, 0.25) is 0 Å². The fraction of sp³-hybridized carbons (Fsp3) is 1.00. The lowest BCUT2D eigenvalue weighted by Crippen LogP contribution is -2.59. The summed E-state index contributed by atoms with van der Waals surface area (Å²) < 4.78 is 0. The van der Waals surface area contributed by atoms with E-state index in [4.69, 9.17) is 5.84 Å². The summed E-state index contributed by atoms with van der Waals surface area (Å²) in [6.07, 6.45) is 7.49. The number of nitrogens with two attached hydrogens (primary N) is 1. The van der Waals surface area contributed by atoms with Crippen molar-refractivity contribution < 1.29 is 0 Å². The minimum Gasteiger partial charge on any atom is -0.302 e. The van der Waals surface area contributed by atoms with Gasteiger partial charge in [-0.3, -0.25) is 11.3 Å². The zero-order valence-corrected chi connectivity index (χ0v) is 13.4. The van der Waals surface area contributed by atoms with Crippen LogP contribution in [0.15, 0.2) is 0 Å². The predicted octanol–water partition coefficient (Wildman–Crippen LogP) is 3.16. The van der Waals surface area contributed by atoms with Crippen LogP contribution in [0.5, 0.6) is 0 Å². The number of hydrogen-bond donors (Lipinski definition) is 2. The molecule has 0 amide bonds. The van der Waals surface area contributed by atoms with Crippen molar-refractivity contribution in [1.29, 1.82) is 0 Å². The second-order valence-electron chi connectivity index (χ2n) is 5.98. The number of rotatable bonds is 10. The quantitative estimate of drug-likeness (QED) is 0.466. The number of hydrazine groups is 1. The van der Waals surface area contributed by atoms with Crippen LogP contribution in [0, 0.1) is 5.92 Å². The monoisotopic (exact) mass is 257 g/mol. The van der Waals surface area contributed by atoms with Crippen LogP contribution < -0.4 is 11.3 Å². The van der Waals surface area contributed by atoms with Crippen molar-refractivity contribution in [2.75, 3.05) is 14.1 Å². The molecule has 0 fully saturated rings. The maximum atomic E-state index is 5.83. The highest BCUT2D eigenvalue weighted by Gasteiger charge is 2.35. The third-order valence-electron chi connectivity index (χ3n) is 4.80. The highest BCUT2D eigenvalue weighted by atomic mass is 15.3. The molecule has 0 saturated carbocycles. The minimum atomic E-state index is 0.133. The zero-order chi connectivity index (χ0) is 14.2. The summed E-state index contributed by atoms with van der Waals surface area (Å²) in [4.78, 5) is 2.31. The van der Waals surface area contributed by atoms with Gasteiger partial charge in [-0.1, -0.05) is 46.5 Å². The summed E-state index contributed by atoms with van der Waals surface area (Å²) in [6, 6.07) is 0.360. The number of likely N-dealkylation sites (N-methyl/N-ethyl adjacent to an activating group) is 1. The summed E-state index contributed by atoms with van der Waals surface area (Å²) >= 11 is 0. The summed E-state index contributed by atoms with van der Waals surface area (Å²) in [5.74, 6) is 6.62. The molecule has 3 unspecified atom stereocenters. The van der Waals surface area contributed by atoms with E-state index < -0.39 is 0 Å². The molecule has 0 aliphatic rings. The number of unbranched alkanes of at least 4 members (excludes halogenated alkanes) is 1. The SMILES string of the molecule is CCCCC(CC)CC(NN)C(C)(CC)N(C)C. The van der Waals surface area contributed by atoms with Gasteiger partial charge in [0.25, 0.3) is 0 Å². The molecule has 0 aliphatic heterocycles.